The van der Waals surface area contributed by atoms with Crippen LogP contribution in [0.15, 0.2) is 42.5 Å². The van der Waals surface area contributed by atoms with Crippen molar-refractivity contribution < 1.29 is 24.2 Å². The number of ketones is 1. The Bertz CT molecular complexity index is 949. The molecular formula is C25H27ClO5. The first-order valence-electron chi connectivity index (χ1n) is 10.6. The molecule has 1 N–H and O–H groups in total. The van der Waals surface area contributed by atoms with Crippen molar-refractivity contribution in [2.75, 3.05) is 0 Å². The minimum absolute atomic E-state index is 0.120. The number of aromatic hydroxyl groups is 1. The van der Waals surface area contributed by atoms with Gasteiger partial charge in [0.1, 0.15) is 29.5 Å². The number of rotatable bonds is 3. The van der Waals surface area contributed by atoms with E-state index >= 15 is 0 Å². The van der Waals surface area contributed by atoms with Gasteiger partial charge in [-0.1, -0.05) is 35.9 Å². The van der Waals surface area contributed by atoms with E-state index in [1.165, 1.54) is 6.07 Å². The zero-order chi connectivity index (χ0) is 22.2. The third-order valence-electron chi connectivity index (χ3n) is 5.14. The smallest absolute Gasteiger partial charge is 0.342 e. The normalized spacial score (nSPS) is 18.1. The number of benzene rings is 2. The van der Waals surface area contributed by atoms with E-state index in [0.29, 0.717) is 55.0 Å². The molecule has 164 valence electrons. The lowest BCUT2D eigenvalue weighted by Crippen LogP contribution is -2.17. The maximum absolute atomic E-state index is 12.8. The number of allylic oxidation sites excluding steroid dienone is 1. The number of fused-ring (bicyclic) bond motifs is 1. The fraction of sp³-hybridized carbons (Fsp3) is 0.360. The number of esters is 1. The Morgan fingerprint density at radius 2 is 1.87 bits per heavy atom. The third-order valence-corrected chi connectivity index (χ3v) is 5.39. The maximum atomic E-state index is 12.8. The molecule has 0 fully saturated rings. The molecule has 2 aromatic carbocycles. The van der Waals surface area contributed by atoms with Crippen molar-refractivity contribution >= 4 is 29.4 Å². The van der Waals surface area contributed by atoms with Crippen molar-refractivity contribution in [3.63, 3.8) is 0 Å². The standard InChI is InChI=1S/C25H27ClO5/c1-17-6-5-9-21(27)8-4-2-3-7-19-14-22(15-23(28)24(19)25(29)31-17)30-16-18-10-12-20(26)13-11-18/h3,7,10-15,17,28H,2,4-6,8-9,16H2,1H3/t17-/m1/s1. The van der Waals surface area contributed by atoms with Crippen LogP contribution in [0.3, 0.4) is 0 Å². The summed E-state index contributed by atoms with van der Waals surface area (Å²) in [5, 5.41) is 11.2. The van der Waals surface area contributed by atoms with Crippen LogP contribution in [-0.4, -0.2) is 23.0 Å². The number of carbonyl (C=O) groups is 2. The predicted octanol–water partition coefficient (Wildman–Crippen LogP) is 6.11. The van der Waals surface area contributed by atoms with Crippen molar-refractivity contribution in [3.05, 3.63) is 64.2 Å². The summed E-state index contributed by atoms with van der Waals surface area (Å²) in [6, 6.07) is 10.4. The Balaban J connectivity index is 1.84. The van der Waals surface area contributed by atoms with E-state index < -0.39 is 5.97 Å². The predicted molar refractivity (Wildman–Crippen MR) is 121 cm³/mol. The number of halogens is 1. The van der Waals surface area contributed by atoms with Gasteiger partial charge in [-0.25, -0.2) is 4.79 Å². The van der Waals surface area contributed by atoms with Crippen LogP contribution >= 0.6 is 11.6 Å². The number of ether oxygens (including phenoxy) is 2. The molecule has 1 aliphatic rings. The minimum Gasteiger partial charge on any atom is -0.507 e. The molecule has 0 aliphatic carbocycles. The third kappa shape index (κ3) is 6.86. The van der Waals surface area contributed by atoms with E-state index in [4.69, 9.17) is 21.1 Å². The number of hydrogen-bond acceptors (Lipinski definition) is 5. The molecule has 0 radical (unpaired) electrons. The van der Waals surface area contributed by atoms with Crippen molar-refractivity contribution in [2.45, 2.75) is 58.2 Å². The Morgan fingerprint density at radius 1 is 1.13 bits per heavy atom. The summed E-state index contributed by atoms with van der Waals surface area (Å²) in [7, 11) is 0. The quantitative estimate of drug-likeness (QED) is 0.581. The van der Waals surface area contributed by atoms with Crippen molar-refractivity contribution in [1.82, 2.24) is 0 Å². The van der Waals surface area contributed by atoms with Gasteiger partial charge in [0.25, 0.3) is 0 Å². The van der Waals surface area contributed by atoms with Gasteiger partial charge >= 0.3 is 5.97 Å². The summed E-state index contributed by atoms with van der Waals surface area (Å²) >= 11 is 5.91. The van der Waals surface area contributed by atoms with Crippen LogP contribution in [-0.2, 0) is 16.1 Å². The summed E-state index contributed by atoms with van der Waals surface area (Å²) in [5.74, 6) is -0.0991. The first-order valence-corrected chi connectivity index (χ1v) is 10.9. The van der Waals surface area contributed by atoms with Crippen LogP contribution in [0.1, 0.15) is 66.9 Å². The monoisotopic (exact) mass is 442 g/mol. The average Bonchev–Trinajstić information content (AvgIpc) is 2.72. The second kappa shape index (κ2) is 11.0. The van der Waals surface area contributed by atoms with Crippen LogP contribution in [0.5, 0.6) is 11.5 Å². The largest absolute Gasteiger partial charge is 0.507 e. The highest BCUT2D eigenvalue weighted by Crippen LogP contribution is 2.31. The molecule has 31 heavy (non-hydrogen) atoms. The molecule has 1 heterocycles. The van der Waals surface area contributed by atoms with E-state index in [2.05, 4.69) is 0 Å². The highest BCUT2D eigenvalue weighted by Gasteiger charge is 2.21. The van der Waals surface area contributed by atoms with Crippen molar-refractivity contribution in [2.24, 2.45) is 0 Å². The number of phenols is 1. The number of hydrogen-bond donors (Lipinski definition) is 1. The number of cyclic esters (lactones) is 1. The van der Waals surface area contributed by atoms with Gasteiger partial charge in [0, 0.05) is 23.9 Å². The lowest BCUT2D eigenvalue weighted by atomic mass is 10.0. The fourth-order valence-corrected chi connectivity index (χ4v) is 3.57. The van der Waals surface area contributed by atoms with E-state index in [1.54, 1.807) is 31.2 Å². The topological polar surface area (TPSA) is 72.8 Å². The molecule has 0 unspecified atom stereocenters. The Labute approximate surface area is 187 Å². The van der Waals surface area contributed by atoms with Crippen LogP contribution in [0.25, 0.3) is 6.08 Å². The van der Waals surface area contributed by atoms with Gasteiger partial charge in [0.15, 0.2) is 0 Å². The molecule has 0 spiro atoms. The zero-order valence-corrected chi connectivity index (χ0v) is 18.4. The second-order valence-corrected chi connectivity index (χ2v) is 8.20. The Kier molecular flexibility index (Phi) is 8.13. The molecule has 3 rings (SSSR count). The highest BCUT2D eigenvalue weighted by molar-refractivity contribution is 6.30. The van der Waals surface area contributed by atoms with Crippen molar-refractivity contribution in [3.8, 4) is 11.5 Å². The SMILES string of the molecule is C[C@@H]1CCCC(=O)CCCC=Cc2cc(OCc3ccc(Cl)cc3)cc(O)c2C(=O)O1. The van der Waals surface area contributed by atoms with Crippen LogP contribution in [0.2, 0.25) is 5.02 Å². The van der Waals surface area contributed by atoms with Crippen LogP contribution in [0, 0.1) is 0 Å². The summed E-state index contributed by atoms with van der Waals surface area (Å²) in [6.07, 6.45) is 7.11. The Morgan fingerprint density at radius 3 is 2.65 bits per heavy atom. The molecule has 0 saturated carbocycles. The molecule has 6 heteroatoms. The van der Waals surface area contributed by atoms with E-state index in [1.807, 2.05) is 18.2 Å². The summed E-state index contributed by atoms with van der Waals surface area (Å²) in [6.45, 7) is 2.09. The minimum atomic E-state index is -0.586. The first kappa shape index (κ1) is 22.9. The molecule has 5 nitrogen and oxygen atoms in total. The number of carbonyl (C=O) groups excluding carboxylic acids is 2. The van der Waals surface area contributed by atoms with Gasteiger partial charge in [-0.15, -0.1) is 0 Å². The second-order valence-electron chi connectivity index (χ2n) is 7.76. The number of phenolic OH excluding ortho intramolecular Hbond substituents is 1. The molecule has 0 saturated heterocycles. The zero-order valence-electron chi connectivity index (χ0n) is 17.6. The van der Waals surface area contributed by atoms with Gasteiger partial charge in [-0.05, 0) is 61.9 Å². The molecule has 1 atom stereocenters. The van der Waals surface area contributed by atoms with Gasteiger partial charge < -0.3 is 14.6 Å². The summed E-state index contributed by atoms with van der Waals surface area (Å²) in [4.78, 5) is 24.7. The summed E-state index contributed by atoms with van der Waals surface area (Å²) < 4.78 is 11.3. The maximum Gasteiger partial charge on any atom is 0.342 e. The van der Waals surface area contributed by atoms with Gasteiger partial charge in [0.2, 0.25) is 0 Å². The molecule has 2 aromatic rings. The van der Waals surface area contributed by atoms with Gasteiger partial charge in [-0.2, -0.15) is 0 Å². The first-order chi connectivity index (χ1) is 14.9. The number of Topliss-reactive ketones (excluding diaryl/α,β-unsaturated/α-hetero) is 1. The van der Waals surface area contributed by atoms with Crippen molar-refractivity contribution in [1.29, 1.82) is 0 Å². The highest BCUT2D eigenvalue weighted by atomic mass is 35.5. The average molecular weight is 443 g/mol. The Hall–Kier alpha value is -2.79. The molecule has 0 amide bonds. The van der Waals surface area contributed by atoms with E-state index in [0.717, 1.165) is 12.0 Å². The van der Waals surface area contributed by atoms with Crippen LogP contribution < -0.4 is 4.74 Å². The molecule has 0 bridgehead atoms. The van der Waals surface area contributed by atoms with E-state index in [9.17, 15) is 14.7 Å². The van der Waals surface area contributed by atoms with E-state index in [-0.39, 0.29) is 23.2 Å². The van der Waals surface area contributed by atoms with Gasteiger partial charge in [0.05, 0.1) is 6.10 Å². The van der Waals surface area contributed by atoms with Crippen LogP contribution in [0.4, 0.5) is 0 Å². The molecule has 0 aromatic heterocycles. The van der Waals surface area contributed by atoms with Gasteiger partial charge in [-0.3, -0.25) is 4.79 Å². The molecular weight excluding hydrogens is 416 g/mol. The lowest BCUT2D eigenvalue weighted by Gasteiger charge is -2.16. The lowest BCUT2D eigenvalue weighted by molar-refractivity contribution is -0.119. The fourth-order valence-electron chi connectivity index (χ4n) is 3.45. The summed E-state index contributed by atoms with van der Waals surface area (Å²) in [5.41, 5.74) is 1.57. The molecule has 1 aliphatic heterocycles.